The number of aliphatic carboxylic acids is 1. The van der Waals surface area contributed by atoms with Crippen LogP contribution in [0, 0.1) is 0 Å². The van der Waals surface area contributed by atoms with E-state index in [0.29, 0.717) is 19.4 Å². The van der Waals surface area contributed by atoms with Gasteiger partial charge >= 0.3 is 12.0 Å². The van der Waals surface area contributed by atoms with Gasteiger partial charge in [-0.15, -0.1) is 0 Å². The Hall–Kier alpha value is -2.77. The molecule has 8 nitrogen and oxygen atoms in total. The van der Waals surface area contributed by atoms with Gasteiger partial charge in [0.15, 0.2) is 0 Å². The maximum absolute atomic E-state index is 12.6. The van der Waals surface area contributed by atoms with Gasteiger partial charge in [-0.05, 0) is 31.9 Å². The molecule has 3 amide bonds. The van der Waals surface area contributed by atoms with E-state index in [-0.39, 0.29) is 5.91 Å². The summed E-state index contributed by atoms with van der Waals surface area (Å²) in [5.41, 5.74) is 3.73. The maximum atomic E-state index is 12.6. The van der Waals surface area contributed by atoms with Gasteiger partial charge in [0.25, 0.3) is 5.91 Å². The van der Waals surface area contributed by atoms with Gasteiger partial charge in [-0.25, -0.2) is 4.79 Å². The number of likely N-dealkylation sites (tertiary alicyclic amines) is 1. The van der Waals surface area contributed by atoms with Crippen molar-refractivity contribution in [1.82, 2.24) is 15.2 Å². The molecule has 1 aromatic carbocycles. The van der Waals surface area contributed by atoms with Crippen LogP contribution < -0.4 is 10.7 Å². The van der Waals surface area contributed by atoms with Crippen LogP contribution >= 0.6 is 0 Å². The highest BCUT2D eigenvalue weighted by atomic mass is 16.4. The number of anilines is 1. The molecule has 1 fully saturated rings. The molecular weight excluding hydrogens is 312 g/mol. The van der Waals surface area contributed by atoms with Crippen LogP contribution in [-0.2, 0) is 9.59 Å². The van der Waals surface area contributed by atoms with Gasteiger partial charge in [0, 0.05) is 13.6 Å². The van der Waals surface area contributed by atoms with Crippen LogP contribution in [0.15, 0.2) is 30.3 Å². The van der Waals surface area contributed by atoms with Crippen molar-refractivity contribution in [1.29, 1.82) is 0 Å². The fraction of sp³-hybridized carbons (Fsp3) is 0.438. The summed E-state index contributed by atoms with van der Waals surface area (Å²) in [7, 11) is 1.60. The molecule has 1 heterocycles. The number of rotatable bonds is 5. The van der Waals surface area contributed by atoms with Crippen molar-refractivity contribution in [2.75, 3.05) is 19.0 Å². The second-order valence-corrected chi connectivity index (χ2v) is 5.74. The van der Waals surface area contributed by atoms with Gasteiger partial charge in [0.2, 0.25) is 0 Å². The lowest BCUT2D eigenvalue weighted by molar-refractivity contribution is -0.138. The third-order valence-corrected chi connectivity index (χ3v) is 3.91. The average molecular weight is 334 g/mol. The standard InChI is InChI=1S/C16H22N4O4/c1-11(15(22)23)17-16(24)20-10-6-9-13(20)14(21)19(2)18-12-7-4-3-5-8-12/h3-5,7-8,11,13,18H,6,9-10H2,1-2H3,(H,17,24)(H,22,23). The fourth-order valence-electron chi connectivity index (χ4n) is 2.58. The first kappa shape index (κ1) is 17.6. The molecular formula is C16H22N4O4. The second kappa shape index (κ2) is 7.67. The molecule has 8 heteroatoms. The predicted octanol–water partition coefficient (Wildman–Crippen LogP) is 1.12. The predicted molar refractivity (Wildman–Crippen MR) is 88.2 cm³/mol. The number of benzene rings is 1. The van der Waals surface area contributed by atoms with Gasteiger partial charge in [0.1, 0.15) is 12.1 Å². The van der Waals surface area contributed by atoms with Gasteiger partial charge in [0.05, 0.1) is 5.69 Å². The molecule has 24 heavy (non-hydrogen) atoms. The smallest absolute Gasteiger partial charge is 0.325 e. The third kappa shape index (κ3) is 4.15. The number of carbonyl (C=O) groups excluding carboxylic acids is 2. The number of nitrogens with one attached hydrogen (secondary N) is 2. The first-order valence-electron chi connectivity index (χ1n) is 7.79. The molecule has 2 rings (SSSR count). The zero-order valence-corrected chi connectivity index (χ0v) is 13.7. The van der Waals surface area contributed by atoms with E-state index in [4.69, 9.17) is 5.11 Å². The summed E-state index contributed by atoms with van der Waals surface area (Å²) in [6.45, 7) is 1.81. The number of amides is 3. The van der Waals surface area contributed by atoms with Crippen LogP contribution in [-0.4, -0.2) is 58.6 Å². The lowest BCUT2D eigenvalue weighted by atomic mass is 10.2. The number of hydrazine groups is 1. The molecule has 0 aromatic heterocycles. The van der Waals surface area contributed by atoms with Gasteiger partial charge in [-0.3, -0.25) is 20.0 Å². The van der Waals surface area contributed by atoms with E-state index >= 15 is 0 Å². The van der Waals surface area contributed by atoms with Crippen molar-refractivity contribution in [3.63, 3.8) is 0 Å². The Kier molecular flexibility index (Phi) is 5.62. The lowest BCUT2D eigenvalue weighted by Crippen LogP contribution is -2.53. The fourth-order valence-corrected chi connectivity index (χ4v) is 2.58. The zero-order chi connectivity index (χ0) is 17.7. The summed E-state index contributed by atoms with van der Waals surface area (Å²) in [6, 6.07) is 7.09. The monoisotopic (exact) mass is 334 g/mol. The average Bonchev–Trinajstić information content (AvgIpc) is 3.04. The Morgan fingerprint density at radius 1 is 1.29 bits per heavy atom. The number of nitrogens with zero attached hydrogens (tertiary/aromatic N) is 2. The SMILES string of the molecule is CC(NC(=O)N1CCCC1C(=O)N(C)Nc1ccccc1)C(=O)O. The van der Waals surface area contributed by atoms with Crippen LogP contribution in [0.3, 0.4) is 0 Å². The molecule has 1 saturated heterocycles. The van der Waals surface area contributed by atoms with Gasteiger partial charge < -0.3 is 15.3 Å². The molecule has 1 aliphatic heterocycles. The number of para-hydroxylation sites is 1. The number of likely N-dealkylation sites (N-methyl/N-ethyl adjacent to an activating group) is 1. The molecule has 2 atom stereocenters. The number of carboxylic acid groups (broad SMARTS) is 1. The topological polar surface area (TPSA) is 102 Å². The minimum absolute atomic E-state index is 0.241. The molecule has 0 saturated carbocycles. The Labute approximate surface area is 140 Å². The van der Waals surface area contributed by atoms with Crippen molar-refractivity contribution >= 4 is 23.6 Å². The normalized spacial score (nSPS) is 17.9. The summed E-state index contributed by atoms with van der Waals surface area (Å²) in [4.78, 5) is 37.1. The number of hydrogen-bond acceptors (Lipinski definition) is 4. The molecule has 1 aliphatic rings. The largest absolute Gasteiger partial charge is 0.480 e. The van der Waals surface area contributed by atoms with E-state index in [1.165, 1.54) is 16.8 Å². The van der Waals surface area contributed by atoms with E-state index in [2.05, 4.69) is 10.7 Å². The molecule has 3 N–H and O–H groups in total. The zero-order valence-electron chi connectivity index (χ0n) is 13.7. The number of urea groups is 1. The van der Waals surface area contributed by atoms with Gasteiger partial charge in [-0.2, -0.15) is 0 Å². The van der Waals surface area contributed by atoms with E-state index in [9.17, 15) is 14.4 Å². The van der Waals surface area contributed by atoms with Crippen molar-refractivity contribution in [2.45, 2.75) is 31.8 Å². The molecule has 1 aromatic rings. The molecule has 2 unspecified atom stereocenters. The highest BCUT2D eigenvalue weighted by Crippen LogP contribution is 2.19. The molecule has 130 valence electrons. The molecule has 0 radical (unpaired) electrons. The van der Waals surface area contributed by atoms with E-state index in [1.54, 1.807) is 7.05 Å². The van der Waals surface area contributed by atoms with Crippen molar-refractivity contribution in [3.8, 4) is 0 Å². The summed E-state index contributed by atoms with van der Waals surface area (Å²) in [5, 5.41) is 12.6. The van der Waals surface area contributed by atoms with Crippen LogP contribution in [0.4, 0.5) is 10.5 Å². The van der Waals surface area contributed by atoms with E-state index in [1.807, 2.05) is 30.3 Å². The minimum Gasteiger partial charge on any atom is -0.480 e. The van der Waals surface area contributed by atoms with Crippen molar-refractivity contribution in [2.24, 2.45) is 0 Å². The summed E-state index contributed by atoms with van der Waals surface area (Å²) >= 11 is 0. The molecule has 0 bridgehead atoms. The first-order valence-corrected chi connectivity index (χ1v) is 7.79. The van der Waals surface area contributed by atoms with E-state index in [0.717, 1.165) is 5.69 Å². The Balaban J connectivity index is 1.99. The second-order valence-electron chi connectivity index (χ2n) is 5.74. The lowest BCUT2D eigenvalue weighted by Gasteiger charge is -2.29. The molecule has 0 spiro atoms. The van der Waals surface area contributed by atoms with Crippen LogP contribution in [0.1, 0.15) is 19.8 Å². The maximum Gasteiger partial charge on any atom is 0.325 e. The van der Waals surface area contributed by atoms with Crippen LogP contribution in [0.25, 0.3) is 0 Å². The summed E-state index contributed by atoms with van der Waals surface area (Å²) in [5.74, 6) is -1.36. The molecule has 0 aliphatic carbocycles. The number of carbonyl (C=O) groups is 3. The minimum atomic E-state index is -1.12. The quantitative estimate of drug-likeness (QED) is 0.700. The number of carboxylic acids is 1. The number of hydrogen-bond donors (Lipinski definition) is 3. The third-order valence-electron chi connectivity index (χ3n) is 3.91. The Bertz CT molecular complexity index is 607. The first-order chi connectivity index (χ1) is 11.4. The Morgan fingerprint density at radius 3 is 2.58 bits per heavy atom. The van der Waals surface area contributed by atoms with Crippen molar-refractivity contribution in [3.05, 3.63) is 30.3 Å². The highest BCUT2D eigenvalue weighted by molar-refractivity contribution is 5.89. The van der Waals surface area contributed by atoms with Crippen LogP contribution in [0.5, 0.6) is 0 Å². The summed E-state index contributed by atoms with van der Waals surface area (Å²) < 4.78 is 0. The Morgan fingerprint density at radius 2 is 1.96 bits per heavy atom. The van der Waals surface area contributed by atoms with Crippen LogP contribution in [0.2, 0.25) is 0 Å². The van der Waals surface area contributed by atoms with Gasteiger partial charge in [-0.1, -0.05) is 18.2 Å². The van der Waals surface area contributed by atoms with E-state index < -0.39 is 24.1 Å². The van der Waals surface area contributed by atoms with Crippen molar-refractivity contribution < 1.29 is 19.5 Å². The highest BCUT2D eigenvalue weighted by Gasteiger charge is 2.36. The summed E-state index contributed by atoms with van der Waals surface area (Å²) in [6.07, 6.45) is 1.25.